The molecule has 0 atom stereocenters. The highest BCUT2D eigenvalue weighted by molar-refractivity contribution is 6.32. The molecule has 0 aliphatic rings. The van der Waals surface area contributed by atoms with E-state index in [-0.39, 0.29) is 10.6 Å². The third-order valence-corrected chi connectivity index (χ3v) is 1.86. The zero-order valence-corrected chi connectivity index (χ0v) is 8.39. The number of hydrogen-bond donors (Lipinski definition) is 2. The van der Waals surface area contributed by atoms with Gasteiger partial charge in [-0.15, -0.1) is 13.2 Å². The van der Waals surface area contributed by atoms with Gasteiger partial charge in [-0.1, -0.05) is 11.6 Å². The van der Waals surface area contributed by atoms with Gasteiger partial charge in [-0.05, 0) is 18.2 Å². The summed E-state index contributed by atoms with van der Waals surface area (Å²) in [5.74, 6) is 3.42. The number of nitrogen functional groups attached to an aromatic ring is 1. The van der Waals surface area contributed by atoms with Gasteiger partial charge in [-0.3, -0.25) is 10.2 Å². The standard InChI is InChI=1S/C8H6ClF3N2O2/c9-5-2-1-4(7(15)14-13)3-6(5)16-8(10,11)12/h1-3H,13H2,(H,14,15). The van der Waals surface area contributed by atoms with Crippen LogP contribution in [0.1, 0.15) is 10.4 Å². The minimum Gasteiger partial charge on any atom is -0.404 e. The average molecular weight is 255 g/mol. The van der Waals surface area contributed by atoms with Crippen LogP contribution in [0.15, 0.2) is 18.2 Å². The normalized spacial score (nSPS) is 11.1. The van der Waals surface area contributed by atoms with E-state index in [0.29, 0.717) is 0 Å². The van der Waals surface area contributed by atoms with Gasteiger partial charge >= 0.3 is 6.36 Å². The molecule has 1 aromatic rings. The lowest BCUT2D eigenvalue weighted by Crippen LogP contribution is -2.30. The first-order valence-corrected chi connectivity index (χ1v) is 4.27. The van der Waals surface area contributed by atoms with Crippen molar-refractivity contribution in [3.05, 3.63) is 28.8 Å². The van der Waals surface area contributed by atoms with Gasteiger partial charge in [-0.2, -0.15) is 0 Å². The summed E-state index contributed by atoms with van der Waals surface area (Å²) in [5, 5.41) is -0.258. The van der Waals surface area contributed by atoms with E-state index in [1.54, 1.807) is 5.43 Å². The highest BCUT2D eigenvalue weighted by Gasteiger charge is 2.32. The van der Waals surface area contributed by atoms with Crippen molar-refractivity contribution in [2.24, 2.45) is 5.84 Å². The second-order valence-corrected chi connectivity index (χ2v) is 3.07. The van der Waals surface area contributed by atoms with Crippen molar-refractivity contribution < 1.29 is 22.7 Å². The van der Waals surface area contributed by atoms with Crippen molar-refractivity contribution in [1.82, 2.24) is 5.43 Å². The van der Waals surface area contributed by atoms with Gasteiger partial charge in [0.25, 0.3) is 5.91 Å². The average Bonchev–Trinajstić information content (AvgIpc) is 2.18. The van der Waals surface area contributed by atoms with Crippen molar-refractivity contribution in [2.45, 2.75) is 6.36 Å². The molecule has 0 fully saturated rings. The number of halogens is 4. The Morgan fingerprint density at radius 1 is 1.44 bits per heavy atom. The Balaban J connectivity index is 3.04. The van der Waals surface area contributed by atoms with Crippen molar-refractivity contribution in [2.75, 3.05) is 0 Å². The Kier molecular flexibility index (Phi) is 3.61. The number of rotatable bonds is 2. The fourth-order valence-electron chi connectivity index (χ4n) is 0.931. The molecule has 0 spiro atoms. The third-order valence-electron chi connectivity index (χ3n) is 1.55. The molecule has 8 heteroatoms. The quantitative estimate of drug-likeness (QED) is 0.481. The lowest BCUT2D eigenvalue weighted by Gasteiger charge is -2.11. The molecule has 0 saturated carbocycles. The number of nitrogens with one attached hydrogen (secondary N) is 1. The van der Waals surface area contributed by atoms with E-state index in [0.717, 1.165) is 12.1 Å². The maximum Gasteiger partial charge on any atom is 0.573 e. The molecule has 0 aliphatic heterocycles. The fraction of sp³-hybridized carbons (Fsp3) is 0.125. The van der Waals surface area contributed by atoms with Gasteiger partial charge in [0, 0.05) is 5.56 Å². The lowest BCUT2D eigenvalue weighted by molar-refractivity contribution is -0.274. The van der Waals surface area contributed by atoms with Crippen LogP contribution >= 0.6 is 11.6 Å². The van der Waals surface area contributed by atoms with Crippen LogP contribution in [-0.4, -0.2) is 12.3 Å². The number of benzene rings is 1. The zero-order valence-electron chi connectivity index (χ0n) is 7.64. The summed E-state index contributed by atoms with van der Waals surface area (Å²) in [4.78, 5) is 11.0. The van der Waals surface area contributed by atoms with E-state index < -0.39 is 18.0 Å². The van der Waals surface area contributed by atoms with Gasteiger partial charge in [0.2, 0.25) is 0 Å². The maximum atomic E-state index is 11.9. The van der Waals surface area contributed by atoms with Gasteiger partial charge in [0.1, 0.15) is 5.75 Å². The Morgan fingerprint density at radius 2 is 2.06 bits per heavy atom. The first-order chi connectivity index (χ1) is 7.33. The molecular weight excluding hydrogens is 249 g/mol. The van der Waals surface area contributed by atoms with Crippen molar-refractivity contribution in [3.8, 4) is 5.75 Å². The van der Waals surface area contributed by atoms with Crippen LogP contribution in [0.3, 0.4) is 0 Å². The van der Waals surface area contributed by atoms with Gasteiger partial charge in [-0.25, -0.2) is 5.84 Å². The molecule has 0 bridgehead atoms. The number of ether oxygens (including phenoxy) is 1. The van der Waals surface area contributed by atoms with Crippen LogP contribution in [0.2, 0.25) is 5.02 Å². The van der Waals surface area contributed by atoms with Crippen molar-refractivity contribution in [3.63, 3.8) is 0 Å². The van der Waals surface area contributed by atoms with Crippen LogP contribution in [-0.2, 0) is 0 Å². The molecule has 0 radical (unpaired) electrons. The molecule has 0 aliphatic carbocycles. The number of carbonyl (C=O) groups is 1. The number of carbonyl (C=O) groups excluding carboxylic acids is 1. The Bertz CT molecular complexity index is 409. The summed E-state index contributed by atoms with van der Waals surface area (Å²) in [6.07, 6.45) is -4.87. The third kappa shape index (κ3) is 3.28. The van der Waals surface area contributed by atoms with Crippen LogP contribution < -0.4 is 16.0 Å². The SMILES string of the molecule is NNC(=O)c1ccc(Cl)c(OC(F)(F)F)c1. The Hall–Kier alpha value is -1.47. The smallest absolute Gasteiger partial charge is 0.404 e. The number of hydrogen-bond acceptors (Lipinski definition) is 3. The Labute approximate surface area is 93.1 Å². The molecule has 1 rings (SSSR count). The maximum absolute atomic E-state index is 11.9. The van der Waals surface area contributed by atoms with Gasteiger partial charge < -0.3 is 4.74 Å². The second-order valence-electron chi connectivity index (χ2n) is 2.67. The first-order valence-electron chi connectivity index (χ1n) is 3.90. The van der Waals surface area contributed by atoms with Crippen LogP contribution in [0.25, 0.3) is 0 Å². The summed E-state index contributed by atoms with van der Waals surface area (Å²) in [5.41, 5.74) is 1.68. The van der Waals surface area contributed by atoms with E-state index in [2.05, 4.69) is 4.74 Å². The number of nitrogens with two attached hydrogens (primary N) is 1. The van der Waals surface area contributed by atoms with Crippen molar-refractivity contribution >= 4 is 17.5 Å². The first kappa shape index (κ1) is 12.6. The minimum absolute atomic E-state index is 0.0915. The fourth-order valence-corrected chi connectivity index (χ4v) is 1.09. The van der Waals surface area contributed by atoms with Crippen LogP contribution in [0.4, 0.5) is 13.2 Å². The Morgan fingerprint density at radius 3 is 2.56 bits per heavy atom. The molecule has 1 aromatic carbocycles. The van der Waals surface area contributed by atoms with E-state index >= 15 is 0 Å². The molecule has 1 amide bonds. The van der Waals surface area contributed by atoms with E-state index in [1.165, 1.54) is 6.07 Å². The largest absolute Gasteiger partial charge is 0.573 e. The summed E-state index contributed by atoms with van der Waals surface area (Å²) < 4.78 is 39.4. The van der Waals surface area contributed by atoms with Crippen molar-refractivity contribution in [1.29, 1.82) is 0 Å². The molecule has 88 valence electrons. The molecule has 0 saturated heterocycles. The van der Waals surface area contributed by atoms with Gasteiger partial charge in [0.15, 0.2) is 0 Å². The number of amides is 1. The van der Waals surface area contributed by atoms with E-state index in [9.17, 15) is 18.0 Å². The van der Waals surface area contributed by atoms with E-state index in [4.69, 9.17) is 17.4 Å². The lowest BCUT2D eigenvalue weighted by atomic mass is 10.2. The molecule has 0 aromatic heterocycles. The summed E-state index contributed by atoms with van der Waals surface area (Å²) >= 11 is 5.46. The highest BCUT2D eigenvalue weighted by Crippen LogP contribution is 2.30. The monoisotopic (exact) mass is 254 g/mol. The molecule has 3 N–H and O–H groups in total. The van der Waals surface area contributed by atoms with E-state index in [1.807, 2.05) is 0 Å². The number of alkyl halides is 3. The van der Waals surface area contributed by atoms with Crippen LogP contribution in [0, 0.1) is 0 Å². The topological polar surface area (TPSA) is 64.3 Å². The highest BCUT2D eigenvalue weighted by atomic mass is 35.5. The molecule has 0 heterocycles. The summed E-state index contributed by atoms with van der Waals surface area (Å²) in [6, 6.07) is 3.17. The second kappa shape index (κ2) is 4.58. The molecule has 0 unspecified atom stereocenters. The summed E-state index contributed by atoms with van der Waals surface area (Å²) in [7, 11) is 0. The minimum atomic E-state index is -4.87. The van der Waals surface area contributed by atoms with Crippen LogP contribution in [0.5, 0.6) is 5.75 Å². The zero-order chi connectivity index (χ0) is 12.3. The molecule has 16 heavy (non-hydrogen) atoms. The molecule has 4 nitrogen and oxygen atoms in total. The summed E-state index contributed by atoms with van der Waals surface area (Å²) in [6.45, 7) is 0. The number of hydrazine groups is 1. The predicted octanol–water partition coefficient (Wildman–Crippen LogP) is 1.84. The molecular formula is C8H6ClF3N2O2. The van der Waals surface area contributed by atoms with Gasteiger partial charge in [0.05, 0.1) is 5.02 Å². The predicted molar refractivity (Wildman–Crippen MR) is 49.8 cm³/mol.